The second kappa shape index (κ2) is 6.74. The third kappa shape index (κ3) is 3.25. The molecule has 0 spiro atoms. The van der Waals surface area contributed by atoms with Crippen LogP contribution >= 0.6 is 0 Å². The molecule has 2 aromatic carbocycles. The molecule has 1 N–H and O–H groups in total. The van der Waals surface area contributed by atoms with Crippen molar-refractivity contribution >= 4 is 16.9 Å². The van der Waals surface area contributed by atoms with Crippen LogP contribution in [-0.2, 0) is 31.9 Å². The van der Waals surface area contributed by atoms with Gasteiger partial charge in [-0.05, 0) is 29.7 Å². The summed E-state index contributed by atoms with van der Waals surface area (Å²) in [6.07, 6.45) is 1.20. The predicted octanol–water partition coefficient (Wildman–Crippen LogP) is 2.13. The minimum atomic E-state index is -0.0472. The second-order valence-corrected chi connectivity index (χ2v) is 5.99. The molecule has 0 fully saturated rings. The SMILES string of the molecule is Cn1c(=O)n(C)c2cc(CNC(=O)CCc3ccccc3)ccc21. The van der Waals surface area contributed by atoms with Crippen LogP contribution in [0.15, 0.2) is 53.3 Å². The molecule has 0 aliphatic heterocycles. The predicted molar refractivity (Wildman–Crippen MR) is 94.8 cm³/mol. The molecule has 24 heavy (non-hydrogen) atoms. The minimum Gasteiger partial charge on any atom is -0.352 e. The number of benzene rings is 2. The summed E-state index contributed by atoms with van der Waals surface area (Å²) in [6, 6.07) is 15.8. The standard InChI is InChI=1S/C19H21N3O2/c1-21-16-10-8-15(12-17(16)22(2)19(21)24)13-20-18(23)11-9-14-6-4-3-5-7-14/h3-8,10,12H,9,11,13H2,1-2H3,(H,20,23). The zero-order chi connectivity index (χ0) is 17.1. The Hall–Kier alpha value is -2.82. The van der Waals surface area contributed by atoms with E-state index in [1.165, 1.54) is 0 Å². The zero-order valence-electron chi connectivity index (χ0n) is 14.0. The fourth-order valence-electron chi connectivity index (χ4n) is 2.85. The lowest BCUT2D eigenvalue weighted by molar-refractivity contribution is -0.121. The number of imidazole rings is 1. The molecule has 0 unspecified atom stereocenters. The maximum Gasteiger partial charge on any atom is 0.328 e. The number of aromatic nitrogens is 2. The molecule has 0 aliphatic rings. The smallest absolute Gasteiger partial charge is 0.328 e. The quantitative estimate of drug-likeness (QED) is 0.782. The van der Waals surface area contributed by atoms with Crippen LogP contribution in [-0.4, -0.2) is 15.0 Å². The van der Waals surface area contributed by atoms with Crippen molar-refractivity contribution in [3.05, 3.63) is 70.1 Å². The van der Waals surface area contributed by atoms with Gasteiger partial charge >= 0.3 is 5.69 Å². The van der Waals surface area contributed by atoms with E-state index in [2.05, 4.69) is 5.32 Å². The Balaban J connectivity index is 1.62. The zero-order valence-corrected chi connectivity index (χ0v) is 14.0. The normalized spacial score (nSPS) is 10.9. The van der Waals surface area contributed by atoms with Crippen LogP contribution in [0.2, 0.25) is 0 Å². The largest absolute Gasteiger partial charge is 0.352 e. The molecule has 0 saturated carbocycles. The van der Waals surface area contributed by atoms with Gasteiger partial charge in [-0.25, -0.2) is 4.79 Å². The molecule has 1 amide bonds. The van der Waals surface area contributed by atoms with Gasteiger partial charge in [0.25, 0.3) is 0 Å². The highest BCUT2D eigenvalue weighted by Gasteiger charge is 2.08. The first-order chi connectivity index (χ1) is 11.6. The van der Waals surface area contributed by atoms with Crippen molar-refractivity contribution in [2.45, 2.75) is 19.4 Å². The first kappa shape index (κ1) is 16.1. The number of aryl methyl sites for hydroxylation is 3. The molecular weight excluding hydrogens is 302 g/mol. The number of hydrogen-bond acceptors (Lipinski definition) is 2. The highest BCUT2D eigenvalue weighted by molar-refractivity contribution is 5.78. The van der Waals surface area contributed by atoms with Gasteiger partial charge < -0.3 is 5.32 Å². The van der Waals surface area contributed by atoms with Crippen molar-refractivity contribution in [2.24, 2.45) is 14.1 Å². The van der Waals surface area contributed by atoms with Crippen LogP contribution in [0.4, 0.5) is 0 Å². The van der Waals surface area contributed by atoms with E-state index in [0.717, 1.165) is 28.6 Å². The Kier molecular flexibility index (Phi) is 4.51. The first-order valence-electron chi connectivity index (χ1n) is 8.01. The van der Waals surface area contributed by atoms with Gasteiger partial charge in [-0.15, -0.1) is 0 Å². The van der Waals surface area contributed by atoms with E-state index < -0.39 is 0 Å². The number of carbonyl (C=O) groups excluding carboxylic acids is 1. The van der Waals surface area contributed by atoms with Crippen LogP contribution in [0.25, 0.3) is 11.0 Å². The van der Waals surface area contributed by atoms with Crippen LogP contribution in [0, 0.1) is 0 Å². The van der Waals surface area contributed by atoms with Gasteiger partial charge in [0.2, 0.25) is 5.91 Å². The molecule has 124 valence electrons. The van der Waals surface area contributed by atoms with E-state index in [4.69, 9.17) is 0 Å². The van der Waals surface area contributed by atoms with E-state index in [9.17, 15) is 9.59 Å². The average Bonchev–Trinajstić information content (AvgIpc) is 2.83. The number of carbonyl (C=O) groups is 1. The third-order valence-electron chi connectivity index (χ3n) is 4.31. The number of hydrogen-bond donors (Lipinski definition) is 1. The molecule has 0 bridgehead atoms. The summed E-state index contributed by atoms with van der Waals surface area (Å²) in [5.41, 5.74) is 3.86. The third-order valence-corrected chi connectivity index (χ3v) is 4.31. The molecule has 5 heteroatoms. The van der Waals surface area contributed by atoms with Crippen molar-refractivity contribution in [2.75, 3.05) is 0 Å². The lowest BCUT2D eigenvalue weighted by Gasteiger charge is -2.06. The molecular formula is C19H21N3O2. The summed E-state index contributed by atoms with van der Waals surface area (Å²) >= 11 is 0. The summed E-state index contributed by atoms with van der Waals surface area (Å²) < 4.78 is 3.24. The van der Waals surface area contributed by atoms with Crippen molar-refractivity contribution in [3.63, 3.8) is 0 Å². The molecule has 3 rings (SSSR count). The van der Waals surface area contributed by atoms with E-state index in [1.54, 1.807) is 23.2 Å². The van der Waals surface area contributed by atoms with E-state index in [-0.39, 0.29) is 11.6 Å². The first-order valence-corrected chi connectivity index (χ1v) is 8.01. The number of fused-ring (bicyclic) bond motifs is 1. The highest BCUT2D eigenvalue weighted by atomic mass is 16.2. The lowest BCUT2D eigenvalue weighted by Crippen LogP contribution is -2.23. The molecule has 1 heterocycles. The maximum absolute atomic E-state index is 12.0. The van der Waals surface area contributed by atoms with Crippen molar-refractivity contribution in [1.29, 1.82) is 0 Å². The Morgan fingerprint density at radius 1 is 0.958 bits per heavy atom. The Morgan fingerprint density at radius 2 is 1.67 bits per heavy atom. The van der Waals surface area contributed by atoms with E-state index in [1.807, 2.05) is 48.5 Å². The van der Waals surface area contributed by atoms with Crippen LogP contribution in [0.3, 0.4) is 0 Å². The van der Waals surface area contributed by atoms with E-state index >= 15 is 0 Å². The van der Waals surface area contributed by atoms with Gasteiger partial charge in [-0.2, -0.15) is 0 Å². The molecule has 5 nitrogen and oxygen atoms in total. The van der Waals surface area contributed by atoms with Crippen molar-refractivity contribution in [3.8, 4) is 0 Å². The number of nitrogens with zero attached hydrogens (tertiary/aromatic N) is 2. The van der Waals surface area contributed by atoms with Crippen LogP contribution in [0.5, 0.6) is 0 Å². The topological polar surface area (TPSA) is 56.0 Å². The molecule has 1 aromatic heterocycles. The van der Waals surface area contributed by atoms with Crippen LogP contribution in [0.1, 0.15) is 17.5 Å². The van der Waals surface area contributed by atoms with Crippen molar-refractivity contribution < 1.29 is 4.79 Å². The summed E-state index contributed by atoms with van der Waals surface area (Å²) in [6.45, 7) is 0.465. The fourth-order valence-corrected chi connectivity index (χ4v) is 2.85. The number of rotatable bonds is 5. The molecule has 0 radical (unpaired) electrons. The Bertz CT molecular complexity index is 923. The van der Waals surface area contributed by atoms with Crippen LogP contribution < -0.4 is 11.0 Å². The fraction of sp³-hybridized carbons (Fsp3) is 0.263. The maximum atomic E-state index is 12.0. The Labute approximate surface area is 140 Å². The highest BCUT2D eigenvalue weighted by Crippen LogP contribution is 2.14. The average molecular weight is 323 g/mol. The summed E-state index contributed by atoms with van der Waals surface area (Å²) in [4.78, 5) is 23.9. The summed E-state index contributed by atoms with van der Waals surface area (Å²) in [7, 11) is 3.52. The van der Waals surface area contributed by atoms with Gasteiger partial charge in [0.05, 0.1) is 11.0 Å². The van der Waals surface area contributed by atoms with Gasteiger partial charge in [0, 0.05) is 27.1 Å². The summed E-state index contributed by atoms with van der Waals surface area (Å²) in [5, 5.41) is 2.94. The molecule has 0 saturated heterocycles. The summed E-state index contributed by atoms with van der Waals surface area (Å²) in [5.74, 6) is 0.0286. The molecule has 0 atom stereocenters. The molecule has 3 aromatic rings. The van der Waals surface area contributed by atoms with Gasteiger partial charge in [-0.1, -0.05) is 36.4 Å². The molecule has 0 aliphatic carbocycles. The minimum absolute atomic E-state index is 0.0286. The van der Waals surface area contributed by atoms with Gasteiger partial charge in [-0.3, -0.25) is 13.9 Å². The van der Waals surface area contributed by atoms with Gasteiger partial charge in [0.1, 0.15) is 0 Å². The lowest BCUT2D eigenvalue weighted by atomic mass is 10.1. The second-order valence-electron chi connectivity index (χ2n) is 5.99. The monoisotopic (exact) mass is 323 g/mol. The Morgan fingerprint density at radius 3 is 2.42 bits per heavy atom. The number of nitrogens with one attached hydrogen (secondary N) is 1. The van der Waals surface area contributed by atoms with Gasteiger partial charge in [0.15, 0.2) is 0 Å². The number of amides is 1. The van der Waals surface area contributed by atoms with Crippen molar-refractivity contribution in [1.82, 2.24) is 14.5 Å². The van der Waals surface area contributed by atoms with E-state index in [0.29, 0.717) is 13.0 Å².